The highest BCUT2D eigenvalue weighted by atomic mass is 32.2. The molecule has 0 fully saturated rings. The summed E-state index contributed by atoms with van der Waals surface area (Å²) >= 11 is 0. The summed E-state index contributed by atoms with van der Waals surface area (Å²) in [5.74, 6) is 0. The number of sulfonamides is 1. The molecule has 0 saturated heterocycles. The first-order chi connectivity index (χ1) is 10.1. The minimum Gasteiger partial charge on any atom is -0.366 e. The second-order valence-electron chi connectivity index (χ2n) is 5.25. The Morgan fingerprint density at radius 3 is 2.29 bits per heavy atom. The lowest BCUT2D eigenvalue weighted by molar-refractivity contribution is 0.558. The van der Waals surface area contributed by atoms with Crippen molar-refractivity contribution in [1.82, 2.24) is 9.71 Å². The Morgan fingerprint density at radius 2 is 1.67 bits per heavy atom. The molecule has 0 saturated carbocycles. The summed E-state index contributed by atoms with van der Waals surface area (Å²) in [5, 5.41) is 0. The van der Waals surface area contributed by atoms with Crippen LogP contribution in [-0.4, -0.2) is 19.9 Å². The average molecular weight is 314 g/mol. The van der Waals surface area contributed by atoms with Crippen LogP contribution in [0.5, 0.6) is 0 Å². The third kappa shape index (κ3) is 6.91. The monoisotopic (exact) mass is 314 g/mol. The molecule has 6 heteroatoms. The molecule has 120 valence electrons. The quantitative estimate of drug-likeness (QED) is 0.616. The van der Waals surface area contributed by atoms with E-state index in [9.17, 15) is 13.2 Å². The predicted octanol–water partition coefficient (Wildman–Crippen LogP) is 2.79. The van der Waals surface area contributed by atoms with Gasteiger partial charge in [-0.25, -0.2) is 13.1 Å². The first kappa shape index (κ1) is 17.9. The summed E-state index contributed by atoms with van der Waals surface area (Å²) in [5.41, 5.74) is -0.489. The lowest BCUT2D eigenvalue weighted by Gasteiger charge is -2.06. The lowest BCUT2D eigenvalue weighted by Crippen LogP contribution is -2.29. The zero-order valence-electron chi connectivity index (χ0n) is 12.7. The molecular formula is C15H26N2O3S. The maximum absolute atomic E-state index is 11.9. The van der Waals surface area contributed by atoms with Gasteiger partial charge >= 0.3 is 0 Å². The zero-order chi connectivity index (χ0) is 15.6. The SMILES string of the molecule is CCCCCCCCCCNS(=O)(=O)c1c[nH]ccc1=O. The largest absolute Gasteiger partial charge is 0.366 e. The van der Waals surface area contributed by atoms with Gasteiger partial charge in [-0.1, -0.05) is 51.9 Å². The van der Waals surface area contributed by atoms with Gasteiger partial charge in [-0.15, -0.1) is 0 Å². The minimum absolute atomic E-state index is 0.218. The van der Waals surface area contributed by atoms with Crippen LogP contribution in [0.1, 0.15) is 58.3 Å². The lowest BCUT2D eigenvalue weighted by atomic mass is 10.1. The Balaban J connectivity index is 2.21. The van der Waals surface area contributed by atoms with E-state index in [-0.39, 0.29) is 4.90 Å². The molecule has 0 aliphatic rings. The Labute approximate surface area is 127 Å². The molecule has 0 bridgehead atoms. The van der Waals surface area contributed by atoms with Crippen LogP contribution in [0.2, 0.25) is 0 Å². The van der Waals surface area contributed by atoms with Crippen LogP contribution in [-0.2, 0) is 10.0 Å². The van der Waals surface area contributed by atoms with Crippen molar-refractivity contribution in [3.63, 3.8) is 0 Å². The molecule has 1 aromatic rings. The van der Waals surface area contributed by atoms with Crippen molar-refractivity contribution in [1.29, 1.82) is 0 Å². The van der Waals surface area contributed by atoms with Crippen LogP contribution in [0.25, 0.3) is 0 Å². The van der Waals surface area contributed by atoms with Crippen LogP contribution < -0.4 is 10.2 Å². The summed E-state index contributed by atoms with van der Waals surface area (Å²) in [6, 6.07) is 1.21. The van der Waals surface area contributed by atoms with Gasteiger partial charge in [-0.05, 0) is 6.42 Å². The van der Waals surface area contributed by atoms with Crippen LogP contribution in [0.15, 0.2) is 28.2 Å². The van der Waals surface area contributed by atoms with Gasteiger partial charge in [0.1, 0.15) is 4.90 Å². The summed E-state index contributed by atoms with van der Waals surface area (Å²) < 4.78 is 26.3. The number of aromatic amines is 1. The molecule has 21 heavy (non-hydrogen) atoms. The van der Waals surface area contributed by atoms with E-state index < -0.39 is 15.5 Å². The summed E-state index contributed by atoms with van der Waals surface area (Å²) in [7, 11) is -3.69. The highest BCUT2D eigenvalue weighted by Gasteiger charge is 2.16. The van der Waals surface area contributed by atoms with Gasteiger partial charge in [0.05, 0.1) is 0 Å². The smallest absolute Gasteiger partial charge is 0.245 e. The molecule has 1 heterocycles. The third-order valence-corrected chi connectivity index (χ3v) is 4.88. The van der Waals surface area contributed by atoms with E-state index in [0.29, 0.717) is 6.54 Å². The maximum atomic E-state index is 11.9. The topological polar surface area (TPSA) is 79.0 Å². The van der Waals surface area contributed by atoms with Crippen molar-refractivity contribution in [2.45, 2.75) is 63.2 Å². The second-order valence-corrected chi connectivity index (χ2v) is 6.98. The predicted molar refractivity (Wildman–Crippen MR) is 84.9 cm³/mol. The van der Waals surface area contributed by atoms with E-state index in [1.54, 1.807) is 0 Å². The molecule has 0 aromatic carbocycles. The summed E-state index contributed by atoms with van der Waals surface area (Å²) in [6.07, 6.45) is 11.9. The summed E-state index contributed by atoms with van der Waals surface area (Å²) in [6.45, 7) is 2.58. The average Bonchev–Trinajstić information content (AvgIpc) is 2.46. The van der Waals surface area contributed by atoms with Crippen LogP contribution >= 0.6 is 0 Å². The molecule has 0 spiro atoms. The number of rotatable bonds is 11. The van der Waals surface area contributed by atoms with Crippen LogP contribution in [0, 0.1) is 0 Å². The van der Waals surface area contributed by atoms with E-state index in [2.05, 4.69) is 16.6 Å². The number of hydrogen-bond acceptors (Lipinski definition) is 3. The molecule has 0 atom stereocenters. The van der Waals surface area contributed by atoms with Gasteiger partial charge in [0.2, 0.25) is 15.5 Å². The summed E-state index contributed by atoms with van der Waals surface area (Å²) in [4.78, 5) is 13.9. The highest BCUT2D eigenvalue weighted by molar-refractivity contribution is 7.89. The molecule has 0 radical (unpaired) electrons. The molecule has 0 unspecified atom stereocenters. The van der Waals surface area contributed by atoms with Crippen LogP contribution in [0.3, 0.4) is 0 Å². The third-order valence-electron chi connectivity index (χ3n) is 3.40. The number of nitrogens with one attached hydrogen (secondary N) is 2. The van der Waals surface area contributed by atoms with Crippen molar-refractivity contribution < 1.29 is 8.42 Å². The van der Waals surface area contributed by atoms with E-state index in [0.717, 1.165) is 19.3 Å². The van der Waals surface area contributed by atoms with Gasteiger partial charge in [-0.3, -0.25) is 4.79 Å². The fourth-order valence-corrected chi connectivity index (χ4v) is 3.28. The fraction of sp³-hybridized carbons (Fsp3) is 0.667. The molecule has 0 aliphatic heterocycles. The highest BCUT2D eigenvalue weighted by Crippen LogP contribution is 2.08. The number of hydrogen-bond donors (Lipinski definition) is 2. The van der Waals surface area contributed by atoms with E-state index in [1.807, 2.05) is 0 Å². The normalized spacial score (nSPS) is 11.7. The Kier molecular flexibility index (Phi) is 8.30. The number of unbranched alkanes of at least 4 members (excludes halogenated alkanes) is 7. The van der Waals surface area contributed by atoms with E-state index in [1.165, 1.54) is 50.6 Å². The Bertz CT molecular complexity index is 552. The molecule has 5 nitrogen and oxygen atoms in total. The first-order valence-electron chi connectivity index (χ1n) is 7.74. The molecule has 0 aliphatic carbocycles. The number of aromatic nitrogens is 1. The van der Waals surface area contributed by atoms with Crippen molar-refractivity contribution in [3.05, 3.63) is 28.7 Å². The molecule has 1 rings (SSSR count). The Hall–Kier alpha value is -1.14. The second kappa shape index (κ2) is 9.73. The van der Waals surface area contributed by atoms with Gasteiger partial charge in [0, 0.05) is 25.0 Å². The first-order valence-corrected chi connectivity index (χ1v) is 9.23. The number of pyridine rings is 1. The van der Waals surface area contributed by atoms with Gasteiger partial charge in [0.15, 0.2) is 0 Å². The maximum Gasteiger partial charge on any atom is 0.245 e. The Morgan fingerprint density at radius 1 is 1.05 bits per heavy atom. The molecular weight excluding hydrogens is 288 g/mol. The van der Waals surface area contributed by atoms with E-state index in [4.69, 9.17) is 0 Å². The van der Waals surface area contributed by atoms with Crippen molar-refractivity contribution >= 4 is 10.0 Å². The van der Waals surface area contributed by atoms with Crippen LogP contribution in [0.4, 0.5) is 0 Å². The minimum atomic E-state index is -3.69. The zero-order valence-corrected chi connectivity index (χ0v) is 13.5. The van der Waals surface area contributed by atoms with E-state index >= 15 is 0 Å². The molecule has 2 N–H and O–H groups in total. The van der Waals surface area contributed by atoms with Gasteiger partial charge in [-0.2, -0.15) is 0 Å². The molecule has 0 amide bonds. The van der Waals surface area contributed by atoms with Crippen molar-refractivity contribution in [3.8, 4) is 0 Å². The molecule has 1 aromatic heterocycles. The van der Waals surface area contributed by atoms with Gasteiger partial charge in [0.25, 0.3) is 0 Å². The standard InChI is InChI=1S/C15H26N2O3S/c1-2-3-4-5-6-7-8-9-11-17-21(19,20)15-13-16-12-10-14(15)18/h10,12-13,17H,2-9,11H2,1H3,(H,16,18). The van der Waals surface area contributed by atoms with Crippen molar-refractivity contribution in [2.24, 2.45) is 0 Å². The fourth-order valence-electron chi connectivity index (χ4n) is 2.15. The van der Waals surface area contributed by atoms with Gasteiger partial charge < -0.3 is 4.98 Å². The number of H-pyrrole nitrogens is 1. The van der Waals surface area contributed by atoms with Crippen molar-refractivity contribution in [2.75, 3.05) is 6.54 Å².